The highest BCUT2D eigenvalue weighted by molar-refractivity contribution is 5.75. The maximum Gasteiger partial charge on any atom is 0.267 e. The SMILES string of the molecule is Cc1ccc(-c2ccc(=O)n(CC(=O)NCCCN3CCOCC3)n2)cc1. The predicted molar refractivity (Wildman–Crippen MR) is 104 cm³/mol. The number of carbonyl (C=O) groups excluding carboxylic acids is 1. The van der Waals surface area contributed by atoms with Gasteiger partial charge in [-0.2, -0.15) is 5.10 Å². The van der Waals surface area contributed by atoms with Gasteiger partial charge in [0.2, 0.25) is 5.91 Å². The van der Waals surface area contributed by atoms with Crippen LogP contribution in [0.2, 0.25) is 0 Å². The first-order valence-corrected chi connectivity index (χ1v) is 9.34. The Balaban J connectivity index is 1.51. The van der Waals surface area contributed by atoms with Gasteiger partial charge in [-0.1, -0.05) is 29.8 Å². The number of nitrogens with one attached hydrogen (secondary N) is 1. The van der Waals surface area contributed by atoms with Crippen LogP contribution in [0.25, 0.3) is 11.3 Å². The molecular formula is C20H26N4O3. The molecule has 1 aliphatic rings. The molecule has 0 unspecified atom stereocenters. The first kappa shape index (κ1) is 19.3. The topological polar surface area (TPSA) is 76.5 Å². The van der Waals surface area contributed by atoms with Gasteiger partial charge in [0, 0.05) is 31.3 Å². The fourth-order valence-corrected chi connectivity index (χ4v) is 2.99. The van der Waals surface area contributed by atoms with Crippen LogP contribution in [0.3, 0.4) is 0 Å². The van der Waals surface area contributed by atoms with E-state index in [-0.39, 0.29) is 18.0 Å². The number of aryl methyl sites for hydroxylation is 1. The molecule has 144 valence electrons. The molecule has 1 aromatic carbocycles. The van der Waals surface area contributed by atoms with E-state index in [0.717, 1.165) is 50.4 Å². The molecule has 2 aromatic rings. The smallest absolute Gasteiger partial charge is 0.267 e. The molecular weight excluding hydrogens is 344 g/mol. The summed E-state index contributed by atoms with van der Waals surface area (Å²) >= 11 is 0. The number of carbonyl (C=O) groups is 1. The van der Waals surface area contributed by atoms with Gasteiger partial charge in [0.05, 0.1) is 18.9 Å². The van der Waals surface area contributed by atoms with Crippen LogP contribution in [0.5, 0.6) is 0 Å². The Hall–Kier alpha value is -2.51. The van der Waals surface area contributed by atoms with Crippen molar-refractivity contribution in [2.75, 3.05) is 39.4 Å². The van der Waals surface area contributed by atoms with Crippen LogP contribution >= 0.6 is 0 Å². The maximum absolute atomic E-state index is 12.2. The zero-order valence-electron chi connectivity index (χ0n) is 15.7. The monoisotopic (exact) mass is 370 g/mol. The molecule has 2 heterocycles. The lowest BCUT2D eigenvalue weighted by Gasteiger charge is -2.26. The number of rotatable bonds is 7. The molecule has 1 N–H and O–H groups in total. The van der Waals surface area contributed by atoms with E-state index in [1.165, 1.54) is 10.7 Å². The summed E-state index contributed by atoms with van der Waals surface area (Å²) in [6.07, 6.45) is 0.872. The zero-order valence-corrected chi connectivity index (χ0v) is 15.7. The van der Waals surface area contributed by atoms with Gasteiger partial charge in [0.25, 0.3) is 5.56 Å². The van der Waals surface area contributed by atoms with E-state index in [9.17, 15) is 9.59 Å². The Morgan fingerprint density at radius 3 is 2.63 bits per heavy atom. The van der Waals surface area contributed by atoms with Crippen molar-refractivity contribution in [3.63, 3.8) is 0 Å². The molecule has 1 fully saturated rings. The van der Waals surface area contributed by atoms with Crippen LogP contribution < -0.4 is 10.9 Å². The minimum absolute atomic E-state index is 0.0733. The molecule has 0 bridgehead atoms. The van der Waals surface area contributed by atoms with E-state index in [4.69, 9.17) is 4.74 Å². The van der Waals surface area contributed by atoms with Crippen molar-refractivity contribution >= 4 is 5.91 Å². The average Bonchev–Trinajstić information content (AvgIpc) is 2.68. The van der Waals surface area contributed by atoms with Gasteiger partial charge < -0.3 is 10.1 Å². The second-order valence-electron chi connectivity index (χ2n) is 6.74. The highest BCUT2D eigenvalue weighted by Gasteiger charge is 2.11. The number of benzene rings is 1. The van der Waals surface area contributed by atoms with E-state index in [1.54, 1.807) is 6.07 Å². The number of nitrogens with zero attached hydrogens (tertiary/aromatic N) is 3. The van der Waals surface area contributed by atoms with Crippen molar-refractivity contribution in [1.82, 2.24) is 20.0 Å². The normalized spacial score (nSPS) is 14.9. The van der Waals surface area contributed by atoms with Gasteiger partial charge in [-0.25, -0.2) is 4.68 Å². The van der Waals surface area contributed by atoms with E-state index < -0.39 is 0 Å². The summed E-state index contributed by atoms with van der Waals surface area (Å²) in [5, 5.41) is 7.20. The lowest BCUT2D eigenvalue weighted by molar-refractivity contribution is -0.121. The number of morpholine rings is 1. The van der Waals surface area contributed by atoms with E-state index in [0.29, 0.717) is 12.2 Å². The highest BCUT2D eigenvalue weighted by atomic mass is 16.5. The standard InChI is InChI=1S/C20H26N4O3/c1-16-3-5-17(6-4-16)18-7-8-20(26)24(22-18)15-19(25)21-9-2-10-23-11-13-27-14-12-23/h3-8H,2,9-15H2,1H3,(H,21,25). The number of ether oxygens (including phenoxy) is 1. The van der Waals surface area contributed by atoms with Crippen LogP contribution in [0, 0.1) is 6.92 Å². The molecule has 7 nitrogen and oxygen atoms in total. The third-order valence-corrected chi connectivity index (χ3v) is 4.58. The molecule has 0 spiro atoms. The molecule has 1 saturated heterocycles. The minimum atomic E-state index is -0.283. The first-order valence-electron chi connectivity index (χ1n) is 9.34. The summed E-state index contributed by atoms with van der Waals surface area (Å²) < 4.78 is 6.53. The molecule has 0 saturated carbocycles. The maximum atomic E-state index is 12.2. The van der Waals surface area contributed by atoms with Crippen molar-refractivity contribution < 1.29 is 9.53 Å². The molecule has 1 aromatic heterocycles. The number of aromatic nitrogens is 2. The first-order chi connectivity index (χ1) is 13.1. The summed E-state index contributed by atoms with van der Waals surface area (Å²) in [7, 11) is 0. The summed E-state index contributed by atoms with van der Waals surface area (Å²) in [6.45, 7) is 6.90. The van der Waals surface area contributed by atoms with Gasteiger partial charge in [0.1, 0.15) is 6.54 Å². The quantitative estimate of drug-likeness (QED) is 0.738. The fraction of sp³-hybridized carbons (Fsp3) is 0.450. The van der Waals surface area contributed by atoms with Crippen LogP contribution in [0.4, 0.5) is 0 Å². The summed E-state index contributed by atoms with van der Waals surface area (Å²) in [4.78, 5) is 26.5. The third-order valence-electron chi connectivity index (χ3n) is 4.58. The van der Waals surface area contributed by atoms with E-state index in [1.807, 2.05) is 31.2 Å². The Labute approximate surface area is 158 Å². The van der Waals surface area contributed by atoms with Gasteiger partial charge >= 0.3 is 0 Å². The van der Waals surface area contributed by atoms with Crippen molar-refractivity contribution in [1.29, 1.82) is 0 Å². The van der Waals surface area contributed by atoms with Crippen molar-refractivity contribution in [3.05, 3.63) is 52.3 Å². The van der Waals surface area contributed by atoms with Gasteiger partial charge in [-0.3, -0.25) is 14.5 Å². The second kappa shape index (κ2) is 9.43. The van der Waals surface area contributed by atoms with Crippen molar-refractivity contribution in [3.8, 4) is 11.3 Å². The lowest BCUT2D eigenvalue weighted by Crippen LogP contribution is -2.39. The van der Waals surface area contributed by atoms with Gasteiger partial charge in [0.15, 0.2) is 0 Å². The fourth-order valence-electron chi connectivity index (χ4n) is 2.99. The number of hydrogen-bond donors (Lipinski definition) is 1. The highest BCUT2D eigenvalue weighted by Crippen LogP contribution is 2.15. The molecule has 7 heteroatoms. The molecule has 0 aliphatic carbocycles. The van der Waals surface area contributed by atoms with E-state index in [2.05, 4.69) is 15.3 Å². The third kappa shape index (κ3) is 5.74. The van der Waals surface area contributed by atoms with Crippen molar-refractivity contribution in [2.24, 2.45) is 0 Å². The number of amides is 1. The zero-order chi connectivity index (χ0) is 19.1. The van der Waals surface area contributed by atoms with Crippen molar-refractivity contribution in [2.45, 2.75) is 19.9 Å². The molecule has 3 rings (SSSR count). The van der Waals surface area contributed by atoms with E-state index >= 15 is 0 Å². The summed E-state index contributed by atoms with van der Waals surface area (Å²) in [5.74, 6) is -0.201. The lowest BCUT2D eigenvalue weighted by atomic mass is 10.1. The second-order valence-corrected chi connectivity index (χ2v) is 6.74. The molecule has 27 heavy (non-hydrogen) atoms. The Morgan fingerprint density at radius 2 is 1.89 bits per heavy atom. The summed E-state index contributed by atoms with van der Waals surface area (Å²) in [5.41, 5.74) is 2.47. The Kier molecular flexibility index (Phi) is 6.73. The molecule has 0 atom stereocenters. The Morgan fingerprint density at radius 1 is 1.15 bits per heavy atom. The summed E-state index contributed by atoms with van der Waals surface area (Å²) in [6, 6.07) is 11.0. The minimum Gasteiger partial charge on any atom is -0.379 e. The van der Waals surface area contributed by atoms with Gasteiger partial charge in [-0.15, -0.1) is 0 Å². The van der Waals surface area contributed by atoms with Crippen LogP contribution in [-0.4, -0.2) is 60.0 Å². The van der Waals surface area contributed by atoms with Crippen LogP contribution in [0.15, 0.2) is 41.2 Å². The molecule has 0 radical (unpaired) electrons. The van der Waals surface area contributed by atoms with Crippen LogP contribution in [0.1, 0.15) is 12.0 Å². The predicted octanol–water partition coefficient (Wildman–Crippen LogP) is 1.06. The average molecular weight is 370 g/mol. The number of hydrogen-bond acceptors (Lipinski definition) is 5. The Bertz CT molecular complexity index is 811. The molecule has 1 amide bonds. The molecule has 1 aliphatic heterocycles. The largest absolute Gasteiger partial charge is 0.379 e. The van der Waals surface area contributed by atoms with Crippen LogP contribution in [-0.2, 0) is 16.1 Å². The van der Waals surface area contributed by atoms with Gasteiger partial charge in [-0.05, 0) is 26.0 Å².